The number of halogens is 1. The van der Waals surface area contributed by atoms with Gasteiger partial charge < -0.3 is 14.4 Å². The number of aromatic nitrogens is 3. The third kappa shape index (κ3) is 4.58. The molecule has 7 nitrogen and oxygen atoms in total. The van der Waals surface area contributed by atoms with Crippen molar-refractivity contribution in [3.05, 3.63) is 88.6 Å². The third-order valence-corrected chi connectivity index (χ3v) is 4.71. The molecule has 0 bridgehead atoms. The van der Waals surface area contributed by atoms with Gasteiger partial charge in [0.15, 0.2) is 0 Å². The highest BCUT2D eigenvalue weighted by molar-refractivity contribution is 5.90. The minimum Gasteiger partial charge on any atom is -0.333 e. The highest BCUT2D eigenvalue weighted by Gasteiger charge is 2.16. The molecule has 4 aromatic rings. The van der Waals surface area contributed by atoms with E-state index in [1.807, 2.05) is 25.1 Å². The molecule has 156 valence electrons. The van der Waals surface area contributed by atoms with Crippen molar-refractivity contribution in [2.24, 2.45) is 0 Å². The van der Waals surface area contributed by atoms with E-state index in [0.717, 1.165) is 12.0 Å². The Balaban J connectivity index is 1.54. The molecule has 0 spiro atoms. The second-order valence-corrected chi connectivity index (χ2v) is 6.89. The summed E-state index contributed by atoms with van der Waals surface area (Å²) in [6.45, 7) is 1.87. The van der Waals surface area contributed by atoms with Crippen LogP contribution in [0.1, 0.15) is 12.5 Å². The molecule has 0 aliphatic carbocycles. The number of amides is 1. The Labute approximate surface area is 177 Å². The Kier molecular flexibility index (Phi) is 5.70. The number of hydrogen-bond donors (Lipinski definition) is 1. The molecule has 0 unspecified atom stereocenters. The average Bonchev–Trinajstić information content (AvgIpc) is 3.26. The SMILES string of the molecule is CCc1cccc(NC(=O)Cn2cccc(-c3nc(-c4ccc(F)cc4)no3)c2=O)c1. The molecule has 2 heterocycles. The monoisotopic (exact) mass is 418 g/mol. The second kappa shape index (κ2) is 8.74. The number of aryl methyl sites for hydroxylation is 1. The van der Waals surface area contributed by atoms with Gasteiger partial charge in [0.2, 0.25) is 11.7 Å². The maximum Gasteiger partial charge on any atom is 0.263 e. The van der Waals surface area contributed by atoms with E-state index in [0.29, 0.717) is 11.3 Å². The molecule has 0 saturated heterocycles. The molecule has 0 aliphatic heterocycles. The van der Waals surface area contributed by atoms with Crippen molar-refractivity contribution >= 4 is 11.6 Å². The van der Waals surface area contributed by atoms with Crippen LogP contribution in [0.15, 0.2) is 76.2 Å². The standard InChI is InChI=1S/C23H19FN4O3/c1-2-15-5-3-6-18(13-15)25-20(29)14-28-12-4-7-19(23(28)30)22-26-21(27-31-22)16-8-10-17(24)11-9-16/h3-13H,2,14H2,1H3,(H,25,29). The number of rotatable bonds is 6. The van der Waals surface area contributed by atoms with E-state index < -0.39 is 5.56 Å². The Morgan fingerprint density at radius 2 is 1.94 bits per heavy atom. The Morgan fingerprint density at radius 1 is 1.13 bits per heavy atom. The van der Waals surface area contributed by atoms with Crippen molar-refractivity contribution in [3.8, 4) is 22.8 Å². The van der Waals surface area contributed by atoms with Gasteiger partial charge in [-0.05, 0) is 60.5 Å². The quantitative estimate of drug-likeness (QED) is 0.513. The fraction of sp³-hybridized carbons (Fsp3) is 0.130. The molecule has 0 atom stereocenters. The van der Waals surface area contributed by atoms with Crippen molar-refractivity contribution < 1.29 is 13.7 Å². The Hall–Kier alpha value is -4.07. The normalized spacial score (nSPS) is 10.8. The van der Waals surface area contributed by atoms with E-state index in [-0.39, 0.29) is 35.5 Å². The van der Waals surface area contributed by atoms with Gasteiger partial charge >= 0.3 is 0 Å². The molecule has 4 rings (SSSR count). The van der Waals surface area contributed by atoms with Crippen LogP contribution in [0.25, 0.3) is 22.8 Å². The predicted molar refractivity (Wildman–Crippen MR) is 114 cm³/mol. The van der Waals surface area contributed by atoms with E-state index in [4.69, 9.17) is 4.52 Å². The summed E-state index contributed by atoms with van der Waals surface area (Å²) in [4.78, 5) is 29.5. The Bertz CT molecular complexity index is 1280. The Morgan fingerprint density at radius 3 is 2.71 bits per heavy atom. The van der Waals surface area contributed by atoms with Crippen LogP contribution in [0.3, 0.4) is 0 Å². The van der Waals surface area contributed by atoms with E-state index in [1.165, 1.54) is 35.0 Å². The molecule has 8 heteroatoms. The maximum absolute atomic E-state index is 13.1. The molecule has 31 heavy (non-hydrogen) atoms. The molecule has 0 saturated carbocycles. The zero-order valence-electron chi connectivity index (χ0n) is 16.7. The van der Waals surface area contributed by atoms with Gasteiger partial charge in [0.05, 0.1) is 0 Å². The fourth-order valence-corrected chi connectivity index (χ4v) is 3.10. The molecule has 1 amide bonds. The number of nitrogens with zero attached hydrogens (tertiary/aromatic N) is 3. The van der Waals surface area contributed by atoms with E-state index in [1.54, 1.807) is 18.2 Å². The lowest BCUT2D eigenvalue weighted by Crippen LogP contribution is -2.28. The van der Waals surface area contributed by atoms with Gasteiger partial charge in [-0.15, -0.1) is 0 Å². The zero-order chi connectivity index (χ0) is 21.8. The molecule has 0 radical (unpaired) electrons. The van der Waals surface area contributed by atoms with Gasteiger partial charge in [-0.2, -0.15) is 4.98 Å². The van der Waals surface area contributed by atoms with Crippen molar-refractivity contribution in [2.45, 2.75) is 19.9 Å². The summed E-state index contributed by atoms with van der Waals surface area (Å²) in [5.41, 5.74) is 2.07. The van der Waals surface area contributed by atoms with Crippen LogP contribution < -0.4 is 10.9 Å². The number of carbonyl (C=O) groups excluding carboxylic acids is 1. The number of carbonyl (C=O) groups is 1. The van der Waals surface area contributed by atoms with E-state index in [2.05, 4.69) is 15.5 Å². The van der Waals surface area contributed by atoms with Crippen LogP contribution in [0.4, 0.5) is 10.1 Å². The van der Waals surface area contributed by atoms with Crippen molar-refractivity contribution in [3.63, 3.8) is 0 Å². The molecule has 2 aromatic heterocycles. The average molecular weight is 418 g/mol. The maximum atomic E-state index is 13.1. The van der Waals surface area contributed by atoms with Crippen LogP contribution in [-0.4, -0.2) is 20.6 Å². The number of anilines is 1. The highest BCUT2D eigenvalue weighted by atomic mass is 19.1. The summed E-state index contributed by atoms with van der Waals surface area (Å²) in [7, 11) is 0. The van der Waals surface area contributed by atoms with Gasteiger partial charge in [0.25, 0.3) is 11.4 Å². The van der Waals surface area contributed by atoms with Crippen LogP contribution in [-0.2, 0) is 17.8 Å². The van der Waals surface area contributed by atoms with Crippen LogP contribution >= 0.6 is 0 Å². The highest BCUT2D eigenvalue weighted by Crippen LogP contribution is 2.20. The smallest absolute Gasteiger partial charge is 0.263 e. The first-order valence-corrected chi connectivity index (χ1v) is 9.72. The van der Waals surface area contributed by atoms with E-state index in [9.17, 15) is 14.0 Å². The van der Waals surface area contributed by atoms with Crippen molar-refractivity contribution in [1.29, 1.82) is 0 Å². The van der Waals surface area contributed by atoms with Gasteiger partial charge in [0.1, 0.15) is 17.9 Å². The van der Waals surface area contributed by atoms with Gasteiger partial charge in [-0.3, -0.25) is 9.59 Å². The lowest BCUT2D eigenvalue weighted by atomic mass is 10.1. The van der Waals surface area contributed by atoms with E-state index >= 15 is 0 Å². The molecular formula is C23H19FN4O3. The van der Waals surface area contributed by atoms with Crippen LogP contribution in [0, 0.1) is 5.82 Å². The summed E-state index contributed by atoms with van der Waals surface area (Å²) < 4.78 is 19.6. The van der Waals surface area contributed by atoms with Gasteiger partial charge in [0, 0.05) is 17.4 Å². The first-order chi connectivity index (χ1) is 15.0. The largest absolute Gasteiger partial charge is 0.333 e. The molecule has 0 aliphatic rings. The summed E-state index contributed by atoms with van der Waals surface area (Å²) in [5, 5.41) is 6.66. The van der Waals surface area contributed by atoms with Crippen LogP contribution in [0.5, 0.6) is 0 Å². The van der Waals surface area contributed by atoms with Gasteiger partial charge in [-0.25, -0.2) is 4.39 Å². The molecule has 1 N–H and O–H groups in total. The minimum absolute atomic E-state index is 0.0229. The number of nitrogens with one attached hydrogen (secondary N) is 1. The van der Waals surface area contributed by atoms with Crippen molar-refractivity contribution in [1.82, 2.24) is 14.7 Å². The summed E-state index contributed by atoms with van der Waals surface area (Å²) >= 11 is 0. The lowest BCUT2D eigenvalue weighted by molar-refractivity contribution is -0.116. The first-order valence-electron chi connectivity index (χ1n) is 9.72. The molecule has 2 aromatic carbocycles. The summed E-state index contributed by atoms with van der Waals surface area (Å²) in [6, 6.07) is 16.3. The summed E-state index contributed by atoms with van der Waals surface area (Å²) in [5.74, 6) is -0.448. The fourth-order valence-electron chi connectivity index (χ4n) is 3.10. The lowest BCUT2D eigenvalue weighted by Gasteiger charge is -2.09. The summed E-state index contributed by atoms with van der Waals surface area (Å²) in [6.07, 6.45) is 2.38. The molecular weight excluding hydrogens is 399 g/mol. The minimum atomic E-state index is -0.436. The predicted octanol–water partition coefficient (Wildman–Crippen LogP) is 3.91. The van der Waals surface area contributed by atoms with Gasteiger partial charge in [-0.1, -0.05) is 24.2 Å². The number of benzene rings is 2. The second-order valence-electron chi connectivity index (χ2n) is 6.89. The van der Waals surface area contributed by atoms with Crippen molar-refractivity contribution in [2.75, 3.05) is 5.32 Å². The topological polar surface area (TPSA) is 90.0 Å². The first kappa shape index (κ1) is 20.2. The molecule has 0 fully saturated rings. The number of hydrogen-bond acceptors (Lipinski definition) is 5. The number of pyridine rings is 1. The third-order valence-electron chi connectivity index (χ3n) is 4.71. The van der Waals surface area contributed by atoms with Crippen LogP contribution in [0.2, 0.25) is 0 Å². The zero-order valence-corrected chi connectivity index (χ0v) is 16.7.